The molecule has 8 nitrogen and oxygen atoms in total. The molecule has 1 aromatic rings. The molecule has 0 aromatic carbocycles. The molecule has 0 aliphatic carbocycles. The number of amides is 2. The average Bonchev–Trinajstić information content (AvgIpc) is 3.14. The van der Waals surface area contributed by atoms with Crippen molar-refractivity contribution in [2.24, 2.45) is 0 Å². The van der Waals surface area contributed by atoms with Gasteiger partial charge in [-0.05, 0) is 31.4 Å². The molecule has 30 heavy (non-hydrogen) atoms. The van der Waals surface area contributed by atoms with Crippen molar-refractivity contribution in [3.8, 4) is 0 Å². The van der Waals surface area contributed by atoms with E-state index in [0.717, 1.165) is 0 Å². The summed E-state index contributed by atoms with van der Waals surface area (Å²) in [5.41, 5.74) is -0.206. The number of halogens is 3. The first-order chi connectivity index (χ1) is 14.1. The number of pyridine rings is 1. The topological polar surface area (TPSA) is 92.2 Å². The van der Waals surface area contributed by atoms with E-state index in [1.54, 1.807) is 36.3 Å². The summed E-state index contributed by atoms with van der Waals surface area (Å²) < 4.78 is 48.4. The second-order valence-electron chi connectivity index (χ2n) is 7.57. The van der Waals surface area contributed by atoms with Gasteiger partial charge in [0.25, 0.3) is 5.91 Å². The van der Waals surface area contributed by atoms with Gasteiger partial charge in [0.15, 0.2) is 0 Å². The van der Waals surface area contributed by atoms with E-state index in [0.29, 0.717) is 31.6 Å². The van der Waals surface area contributed by atoms with Gasteiger partial charge in [0.1, 0.15) is 5.69 Å². The van der Waals surface area contributed by atoms with Gasteiger partial charge in [0, 0.05) is 26.3 Å². The van der Waals surface area contributed by atoms with Crippen LogP contribution in [0.4, 0.5) is 18.0 Å². The lowest BCUT2D eigenvalue weighted by Gasteiger charge is -2.38. The van der Waals surface area contributed by atoms with Gasteiger partial charge in [-0.25, -0.2) is 4.79 Å². The monoisotopic (exact) mass is 431 g/mol. The number of ether oxygens (including phenoxy) is 2. The highest BCUT2D eigenvalue weighted by molar-refractivity contribution is 5.92. The molecule has 2 fully saturated rings. The van der Waals surface area contributed by atoms with E-state index in [4.69, 9.17) is 9.84 Å². The molecule has 2 atom stereocenters. The molecule has 166 valence electrons. The Bertz CT molecular complexity index is 754. The maximum absolute atomic E-state index is 12.7. The number of carbonyl (C=O) groups excluding carboxylic acids is 2. The van der Waals surface area contributed by atoms with E-state index in [1.165, 1.54) is 4.90 Å². The smallest absolute Gasteiger partial charge is 0.427 e. The summed E-state index contributed by atoms with van der Waals surface area (Å²) in [4.78, 5) is 31.4. The second kappa shape index (κ2) is 8.76. The molecule has 0 radical (unpaired) electrons. The Kier molecular flexibility index (Phi) is 6.51. The van der Waals surface area contributed by atoms with Crippen LogP contribution in [0.5, 0.6) is 0 Å². The number of hydrogen-bond acceptors (Lipinski definition) is 6. The number of rotatable bonds is 4. The average molecular weight is 431 g/mol. The first-order valence-corrected chi connectivity index (χ1v) is 9.60. The Morgan fingerprint density at radius 1 is 1.40 bits per heavy atom. The Morgan fingerprint density at radius 2 is 2.10 bits per heavy atom. The predicted molar refractivity (Wildman–Crippen MR) is 97.6 cm³/mol. The summed E-state index contributed by atoms with van der Waals surface area (Å²) in [7, 11) is 1.68. The van der Waals surface area contributed by atoms with Crippen LogP contribution in [0.15, 0.2) is 24.4 Å². The van der Waals surface area contributed by atoms with Gasteiger partial charge in [-0.2, -0.15) is 13.2 Å². The van der Waals surface area contributed by atoms with Crippen LogP contribution in [0.25, 0.3) is 0 Å². The van der Waals surface area contributed by atoms with Crippen molar-refractivity contribution in [3.63, 3.8) is 0 Å². The molecule has 1 spiro atoms. The minimum absolute atomic E-state index is 0.165. The Hall–Kier alpha value is -2.40. The number of aliphatic hydroxyl groups is 1. The van der Waals surface area contributed by atoms with Crippen LogP contribution in [0, 0.1) is 0 Å². The standard InChI is InChI=1S/C19H24F3N3O5/c1-24(16(27)14-4-2-3-7-23-14)13-10-18(29-12-13)5-8-25(9-6-18)17(28)30-15(11-26)19(20,21)22/h2-4,7,13,15,26H,5-6,8-12H2,1H3/t13-,15-/m1/s1. The summed E-state index contributed by atoms with van der Waals surface area (Å²) in [5, 5.41) is 8.81. The highest BCUT2D eigenvalue weighted by Crippen LogP contribution is 2.38. The summed E-state index contributed by atoms with van der Waals surface area (Å²) >= 11 is 0. The fourth-order valence-corrected chi connectivity index (χ4v) is 3.75. The van der Waals surface area contributed by atoms with E-state index in [2.05, 4.69) is 9.72 Å². The van der Waals surface area contributed by atoms with Crippen LogP contribution in [0.3, 0.4) is 0 Å². The Balaban J connectivity index is 1.53. The van der Waals surface area contributed by atoms with Crippen LogP contribution in [-0.2, 0) is 9.47 Å². The highest BCUT2D eigenvalue weighted by atomic mass is 19.4. The highest BCUT2D eigenvalue weighted by Gasteiger charge is 2.47. The number of likely N-dealkylation sites (tertiary alicyclic amines) is 1. The van der Waals surface area contributed by atoms with Crippen LogP contribution in [0.1, 0.15) is 29.8 Å². The minimum Gasteiger partial charge on any atom is -0.434 e. The molecule has 2 amide bonds. The van der Waals surface area contributed by atoms with E-state index < -0.39 is 30.6 Å². The van der Waals surface area contributed by atoms with Crippen molar-refractivity contribution in [2.75, 3.05) is 33.4 Å². The zero-order chi connectivity index (χ0) is 21.9. The Labute approximate surface area is 171 Å². The predicted octanol–water partition coefficient (Wildman–Crippen LogP) is 1.84. The first kappa shape index (κ1) is 22.3. The van der Waals surface area contributed by atoms with Crippen molar-refractivity contribution >= 4 is 12.0 Å². The van der Waals surface area contributed by atoms with E-state index in [1.807, 2.05) is 0 Å². The quantitative estimate of drug-likeness (QED) is 0.782. The van der Waals surface area contributed by atoms with Gasteiger partial charge in [0.05, 0.1) is 24.9 Å². The van der Waals surface area contributed by atoms with Gasteiger partial charge in [-0.3, -0.25) is 9.78 Å². The zero-order valence-corrected chi connectivity index (χ0v) is 16.5. The largest absolute Gasteiger partial charge is 0.434 e. The van der Waals surface area contributed by atoms with Crippen molar-refractivity contribution in [2.45, 2.75) is 43.2 Å². The van der Waals surface area contributed by atoms with Crippen LogP contribution in [0.2, 0.25) is 0 Å². The van der Waals surface area contributed by atoms with Crippen LogP contribution in [-0.4, -0.2) is 89.2 Å². The molecule has 11 heteroatoms. The lowest BCUT2D eigenvalue weighted by molar-refractivity contribution is -0.215. The molecule has 3 heterocycles. The molecule has 3 rings (SSSR count). The van der Waals surface area contributed by atoms with Crippen LogP contribution < -0.4 is 0 Å². The Morgan fingerprint density at radius 3 is 2.67 bits per heavy atom. The number of piperidine rings is 1. The fourth-order valence-electron chi connectivity index (χ4n) is 3.75. The van der Waals surface area contributed by atoms with Gasteiger partial charge in [-0.1, -0.05) is 6.07 Å². The molecule has 0 unspecified atom stereocenters. The number of nitrogens with zero attached hydrogens (tertiary/aromatic N) is 3. The summed E-state index contributed by atoms with van der Waals surface area (Å²) in [6, 6.07) is 4.92. The van der Waals surface area contributed by atoms with Gasteiger partial charge in [-0.15, -0.1) is 0 Å². The van der Waals surface area contributed by atoms with Crippen LogP contribution >= 0.6 is 0 Å². The third-order valence-corrected chi connectivity index (χ3v) is 5.65. The van der Waals surface area contributed by atoms with Crippen molar-refractivity contribution in [3.05, 3.63) is 30.1 Å². The first-order valence-electron chi connectivity index (χ1n) is 9.60. The molecule has 0 saturated carbocycles. The van der Waals surface area contributed by atoms with E-state index >= 15 is 0 Å². The molecule has 1 N–H and O–H groups in total. The third kappa shape index (κ3) is 4.84. The van der Waals surface area contributed by atoms with Crippen molar-refractivity contribution in [1.29, 1.82) is 0 Å². The van der Waals surface area contributed by atoms with Crippen molar-refractivity contribution < 1.29 is 37.3 Å². The number of aliphatic hydroxyl groups excluding tert-OH is 1. The number of alkyl halides is 3. The maximum atomic E-state index is 12.7. The van der Waals surface area contributed by atoms with Crippen molar-refractivity contribution in [1.82, 2.24) is 14.8 Å². The number of likely N-dealkylation sites (N-methyl/N-ethyl adjacent to an activating group) is 1. The normalized spacial score (nSPS) is 22.0. The molecule has 1 aromatic heterocycles. The number of carbonyl (C=O) groups is 2. The summed E-state index contributed by atoms with van der Waals surface area (Å²) in [5.74, 6) is -0.218. The SMILES string of the molecule is CN(C(=O)c1ccccn1)[C@H]1COC2(CCN(C(=O)O[C@H](CO)C(F)(F)F)CC2)C1. The third-order valence-electron chi connectivity index (χ3n) is 5.65. The van der Waals surface area contributed by atoms with Gasteiger partial charge >= 0.3 is 12.3 Å². The van der Waals surface area contributed by atoms with E-state index in [-0.39, 0.29) is 25.0 Å². The summed E-state index contributed by atoms with van der Waals surface area (Å²) in [6.07, 6.45) is -5.54. The van der Waals surface area contributed by atoms with Gasteiger partial charge in [0.2, 0.25) is 6.10 Å². The zero-order valence-electron chi connectivity index (χ0n) is 16.5. The lowest BCUT2D eigenvalue weighted by Crippen LogP contribution is -2.49. The molecule has 2 aliphatic rings. The maximum Gasteiger partial charge on any atom is 0.427 e. The summed E-state index contributed by atoms with van der Waals surface area (Å²) in [6.45, 7) is -0.659. The van der Waals surface area contributed by atoms with E-state index in [9.17, 15) is 22.8 Å². The molecule has 2 saturated heterocycles. The second-order valence-corrected chi connectivity index (χ2v) is 7.57. The minimum atomic E-state index is -4.83. The molecular formula is C19H24F3N3O5. The number of hydrogen-bond donors (Lipinski definition) is 1. The van der Waals surface area contributed by atoms with Gasteiger partial charge < -0.3 is 24.4 Å². The molecule has 0 bridgehead atoms. The molecular weight excluding hydrogens is 407 g/mol. The molecule has 2 aliphatic heterocycles. The lowest BCUT2D eigenvalue weighted by atomic mass is 9.87. The fraction of sp³-hybridized carbons (Fsp3) is 0.632. The number of aromatic nitrogens is 1.